The molecule has 138 valence electrons. The molecule has 1 saturated carbocycles. The molecule has 0 N–H and O–H groups in total. The van der Waals surface area contributed by atoms with Crippen LogP contribution in [-0.4, -0.2) is 45.0 Å². The Hall–Kier alpha value is -1.81. The van der Waals surface area contributed by atoms with Gasteiger partial charge in [-0.05, 0) is 51.1 Å². The van der Waals surface area contributed by atoms with E-state index in [2.05, 4.69) is 50.1 Å². The summed E-state index contributed by atoms with van der Waals surface area (Å²) in [6.07, 6.45) is 5.61. The highest BCUT2D eigenvalue weighted by Gasteiger charge is 2.22. The van der Waals surface area contributed by atoms with Crippen LogP contribution in [0.15, 0.2) is 35.0 Å². The number of hydrogen-bond acceptors (Lipinski definition) is 4. The van der Waals surface area contributed by atoms with Crippen molar-refractivity contribution in [3.05, 3.63) is 35.4 Å². The number of nitrogens with zero attached hydrogens (tertiary/aromatic N) is 2. The number of methoxy groups -OCH3 is 1. The van der Waals surface area contributed by atoms with Crippen LogP contribution in [0.5, 0.6) is 5.75 Å². The molecule has 1 aliphatic rings. The average Bonchev–Trinajstić information content (AvgIpc) is 2.57. The lowest BCUT2D eigenvalue weighted by molar-refractivity contribution is 0.100. The van der Waals surface area contributed by atoms with E-state index in [0.29, 0.717) is 18.4 Å². The van der Waals surface area contributed by atoms with E-state index in [1.807, 2.05) is 18.2 Å². The zero-order chi connectivity index (χ0) is 18.2. The SMILES string of the molecule is COc1ccccc1/C=C1\CCCC(C)\C1=N/OCC(C)CN(C)C. The molecule has 0 aliphatic heterocycles. The minimum Gasteiger partial charge on any atom is -0.496 e. The third kappa shape index (κ3) is 5.89. The van der Waals surface area contributed by atoms with Gasteiger partial charge in [0, 0.05) is 23.9 Å². The van der Waals surface area contributed by atoms with Crippen LogP contribution in [0.2, 0.25) is 0 Å². The van der Waals surface area contributed by atoms with E-state index in [4.69, 9.17) is 9.57 Å². The third-order valence-corrected chi connectivity index (χ3v) is 4.55. The molecule has 4 nitrogen and oxygen atoms in total. The maximum Gasteiger partial charge on any atom is 0.126 e. The van der Waals surface area contributed by atoms with Crippen LogP contribution >= 0.6 is 0 Å². The highest BCUT2D eigenvalue weighted by Crippen LogP contribution is 2.30. The van der Waals surface area contributed by atoms with E-state index in [-0.39, 0.29) is 0 Å². The molecular formula is C21H32N2O2. The van der Waals surface area contributed by atoms with E-state index in [9.17, 15) is 0 Å². The number of rotatable bonds is 7. The summed E-state index contributed by atoms with van der Waals surface area (Å²) < 4.78 is 5.48. The molecule has 4 heteroatoms. The number of ether oxygens (including phenoxy) is 1. The minimum atomic E-state index is 0.430. The molecule has 2 atom stereocenters. The Morgan fingerprint density at radius 3 is 2.80 bits per heavy atom. The van der Waals surface area contributed by atoms with Gasteiger partial charge in [-0.15, -0.1) is 0 Å². The smallest absolute Gasteiger partial charge is 0.126 e. The first kappa shape index (κ1) is 19.5. The standard InChI is InChI=1S/C21H32N2O2/c1-16(14-23(3)4)15-25-22-21-17(2)9-8-11-19(21)13-18-10-6-7-12-20(18)24-5/h6-7,10,12-13,16-17H,8-9,11,14-15H2,1-5H3/b19-13+,22-21+. The van der Waals surface area contributed by atoms with Gasteiger partial charge in [-0.25, -0.2) is 0 Å². The van der Waals surface area contributed by atoms with E-state index in [1.54, 1.807) is 7.11 Å². The first-order chi connectivity index (χ1) is 12.0. The topological polar surface area (TPSA) is 34.1 Å². The van der Waals surface area contributed by atoms with Gasteiger partial charge < -0.3 is 14.5 Å². The Morgan fingerprint density at radius 1 is 1.32 bits per heavy atom. The zero-order valence-electron chi connectivity index (χ0n) is 16.3. The summed E-state index contributed by atoms with van der Waals surface area (Å²) in [5, 5.41) is 4.53. The van der Waals surface area contributed by atoms with Crippen LogP contribution in [-0.2, 0) is 4.84 Å². The quantitative estimate of drug-likeness (QED) is 0.685. The molecule has 0 amide bonds. The van der Waals surface area contributed by atoms with Gasteiger partial charge >= 0.3 is 0 Å². The average molecular weight is 344 g/mol. The van der Waals surface area contributed by atoms with Gasteiger partial charge in [-0.2, -0.15) is 0 Å². The van der Waals surface area contributed by atoms with Crippen LogP contribution < -0.4 is 4.74 Å². The summed E-state index contributed by atoms with van der Waals surface area (Å²) in [6.45, 7) is 6.08. The molecule has 0 saturated heterocycles. The Bertz CT molecular complexity index is 608. The lowest BCUT2D eigenvalue weighted by atomic mass is 9.84. The summed E-state index contributed by atoms with van der Waals surface area (Å²) in [5.74, 6) is 1.78. The van der Waals surface area contributed by atoms with Gasteiger partial charge in [0.05, 0.1) is 12.8 Å². The van der Waals surface area contributed by atoms with Crippen LogP contribution in [0.4, 0.5) is 0 Å². The Labute approximate surface area is 152 Å². The molecule has 2 unspecified atom stereocenters. The minimum absolute atomic E-state index is 0.430. The first-order valence-electron chi connectivity index (χ1n) is 9.19. The van der Waals surface area contributed by atoms with Crippen molar-refractivity contribution in [2.24, 2.45) is 17.0 Å². The molecule has 1 fully saturated rings. The number of hydrogen-bond donors (Lipinski definition) is 0. The number of oxime groups is 1. The van der Waals surface area contributed by atoms with Crippen LogP contribution in [0.1, 0.15) is 38.7 Å². The second-order valence-electron chi connectivity index (χ2n) is 7.34. The van der Waals surface area contributed by atoms with Gasteiger partial charge in [-0.1, -0.05) is 37.2 Å². The van der Waals surface area contributed by atoms with Crippen LogP contribution in [0, 0.1) is 11.8 Å². The predicted octanol–water partition coefficient (Wildman–Crippen LogP) is 4.47. The van der Waals surface area contributed by atoms with E-state index in [0.717, 1.165) is 30.0 Å². The molecule has 1 aromatic carbocycles. The zero-order valence-corrected chi connectivity index (χ0v) is 16.3. The highest BCUT2D eigenvalue weighted by atomic mass is 16.6. The summed E-state index contributed by atoms with van der Waals surface area (Å²) in [7, 11) is 5.88. The second kappa shape index (κ2) is 9.62. The van der Waals surface area contributed by atoms with E-state index >= 15 is 0 Å². The van der Waals surface area contributed by atoms with Gasteiger partial charge in [0.25, 0.3) is 0 Å². The number of allylic oxidation sites excluding steroid dienone is 1. The summed E-state index contributed by atoms with van der Waals surface area (Å²) in [6, 6.07) is 8.11. The molecule has 0 aromatic heterocycles. The molecule has 0 bridgehead atoms. The molecule has 0 spiro atoms. The molecule has 2 rings (SSSR count). The van der Waals surface area contributed by atoms with Crippen LogP contribution in [0.25, 0.3) is 6.08 Å². The fourth-order valence-corrected chi connectivity index (χ4v) is 3.36. The normalized spacial score (nSPS) is 22.4. The van der Waals surface area contributed by atoms with Crippen molar-refractivity contribution in [2.45, 2.75) is 33.1 Å². The fourth-order valence-electron chi connectivity index (χ4n) is 3.36. The summed E-state index contributed by atoms with van der Waals surface area (Å²) in [4.78, 5) is 7.90. The van der Waals surface area contributed by atoms with Crippen molar-refractivity contribution in [3.63, 3.8) is 0 Å². The van der Waals surface area contributed by atoms with Crippen LogP contribution in [0.3, 0.4) is 0 Å². The van der Waals surface area contributed by atoms with Crippen molar-refractivity contribution >= 4 is 11.8 Å². The van der Waals surface area contributed by atoms with Gasteiger partial charge in [0.15, 0.2) is 0 Å². The van der Waals surface area contributed by atoms with Gasteiger partial charge in [0.2, 0.25) is 0 Å². The van der Waals surface area contributed by atoms with Crippen molar-refractivity contribution in [1.29, 1.82) is 0 Å². The van der Waals surface area contributed by atoms with Crippen molar-refractivity contribution in [3.8, 4) is 5.75 Å². The molecule has 1 aliphatic carbocycles. The molecule has 0 heterocycles. The summed E-state index contributed by atoms with van der Waals surface area (Å²) in [5.41, 5.74) is 3.46. The number of para-hydroxylation sites is 1. The number of benzene rings is 1. The largest absolute Gasteiger partial charge is 0.496 e. The van der Waals surface area contributed by atoms with Crippen molar-refractivity contribution in [2.75, 3.05) is 34.4 Å². The lowest BCUT2D eigenvalue weighted by Crippen LogP contribution is -2.23. The molecule has 1 aromatic rings. The van der Waals surface area contributed by atoms with Gasteiger partial charge in [-0.3, -0.25) is 0 Å². The lowest BCUT2D eigenvalue weighted by Gasteiger charge is -2.23. The third-order valence-electron chi connectivity index (χ3n) is 4.55. The Morgan fingerprint density at radius 2 is 2.08 bits per heavy atom. The molecule has 0 radical (unpaired) electrons. The Kier molecular flexibility index (Phi) is 7.51. The van der Waals surface area contributed by atoms with E-state index in [1.165, 1.54) is 18.4 Å². The first-order valence-corrected chi connectivity index (χ1v) is 9.19. The maximum absolute atomic E-state index is 5.72. The van der Waals surface area contributed by atoms with Crippen molar-refractivity contribution < 1.29 is 9.57 Å². The monoisotopic (exact) mass is 344 g/mol. The maximum atomic E-state index is 5.72. The predicted molar refractivity (Wildman–Crippen MR) is 105 cm³/mol. The summed E-state index contributed by atoms with van der Waals surface area (Å²) >= 11 is 0. The second-order valence-corrected chi connectivity index (χ2v) is 7.34. The molecule has 25 heavy (non-hydrogen) atoms. The fraction of sp³-hybridized carbons (Fsp3) is 0.571. The Balaban J connectivity index is 2.14. The van der Waals surface area contributed by atoms with E-state index < -0.39 is 0 Å². The molecular weight excluding hydrogens is 312 g/mol. The van der Waals surface area contributed by atoms with Gasteiger partial charge in [0.1, 0.15) is 12.4 Å². The van der Waals surface area contributed by atoms with Crippen molar-refractivity contribution in [1.82, 2.24) is 4.90 Å². The highest BCUT2D eigenvalue weighted by molar-refractivity contribution is 6.05.